The molecule has 1 aromatic carbocycles. The van der Waals surface area contributed by atoms with Gasteiger partial charge in [0.05, 0.1) is 10.7 Å². The van der Waals surface area contributed by atoms with Crippen molar-refractivity contribution >= 4 is 40.7 Å². The van der Waals surface area contributed by atoms with Crippen LogP contribution in [-0.2, 0) is 14.4 Å². The average molecular weight is 368 g/mol. The van der Waals surface area contributed by atoms with E-state index >= 15 is 0 Å². The van der Waals surface area contributed by atoms with Crippen molar-refractivity contribution in [2.45, 2.75) is 47.6 Å². The van der Waals surface area contributed by atoms with E-state index in [4.69, 9.17) is 11.6 Å². The summed E-state index contributed by atoms with van der Waals surface area (Å²) in [4.78, 5) is 35.6. The summed E-state index contributed by atoms with van der Waals surface area (Å²) in [5.74, 6) is -0.818. The third-order valence-corrected chi connectivity index (χ3v) is 3.79. The van der Waals surface area contributed by atoms with Gasteiger partial charge in [-0.3, -0.25) is 14.4 Å². The standard InChI is InChI=1S/C18H26ClN3O3/c1-10(2)15(20-11(3)23)16(24)21-12-7-8-14(13(19)9-12)22-17(25)18(4,5)6/h7-10,15H,1-6H3,(H,20,23)(H,21,24)(H,22,25)/t15-/m0/s1. The Morgan fingerprint density at radius 1 is 1.08 bits per heavy atom. The molecular formula is C18H26ClN3O3. The van der Waals surface area contributed by atoms with Crippen molar-refractivity contribution in [3.63, 3.8) is 0 Å². The summed E-state index contributed by atoms with van der Waals surface area (Å²) in [6.45, 7) is 10.5. The first-order chi connectivity index (χ1) is 11.4. The summed E-state index contributed by atoms with van der Waals surface area (Å²) >= 11 is 6.20. The molecule has 1 rings (SSSR count). The van der Waals surface area contributed by atoms with Gasteiger partial charge in [-0.05, 0) is 24.1 Å². The zero-order valence-electron chi connectivity index (χ0n) is 15.5. The molecule has 0 saturated heterocycles. The van der Waals surface area contributed by atoms with Crippen LogP contribution < -0.4 is 16.0 Å². The summed E-state index contributed by atoms with van der Waals surface area (Å²) in [6.07, 6.45) is 0. The minimum atomic E-state index is -0.642. The van der Waals surface area contributed by atoms with Gasteiger partial charge in [-0.1, -0.05) is 46.2 Å². The number of hydrogen-bond acceptors (Lipinski definition) is 3. The van der Waals surface area contributed by atoms with Crippen LogP contribution >= 0.6 is 11.6 Å². The molecule has 0 spiro atoms. The molecule has 0 unspecified atom stereocenters. The van der Waals surface area contributed by atoms with Gasteiger partial charge in [-0.15, -0.1) is 0 Å². The van der Waals surface area contributed by atoms with E-state index < -0.39 is 11.5 Å². The van der Waals surface area contributed by atoms with Gasteiger partial charge in [-0.2, -0.15) is 0 Å². The lowest BCUT2D eigenvalue weighted by Crippen LogP contribution is -2.46. The number of halogens is 1. The molecule has 3 N–H and O–H groups in total. The molecule has 138 valence electrons. The Labute approximate surface area is 153 Å². The third kappa shape index (κ3) is 6.38. The molecule has 0 bridgehead atoms. The van der Waals surface area contributed by atoms with Crippen LogP contribution in [0.15, 0.2) is 18.2 Å². The molecule has 0 fully saturated rings. The van der Waals surface area contributed by atoms with E-state index in [0.29, 0.717) is 16.4 Å². The molecule has 0 aliphatic heterocycles. The number of hydrogen-bond donors (Lipinski definition) is 3. The highest BCUT2D eigenvalue weighted by atomic mass is 35.5. The van der Waals surface area contributed by atoms with Crippen LogP contribution in [0.1, 0.15) is 41.5 Å². The summed E-state index contributed by atoms with van der Waals surface area (Å²) in [7, 11) is 0. The Balaban J connectivity index is 2.87. The van der Waals surface area contributed by atoms with Crippen LogP contribution in [0.5, 0.6) is 0 Å². The van der Waals surface area contributed by atoms with Crippen molar-refractivity contribution in [2.75, 3.05) is 10.6 Å². The van der Waals surface area contributed by atoms with Crippen molar-refractivity contribution in [3.8, 4) is 0 Å². The van der Waals surface area contributed by atoms with E-state index in [-0.39, 0.29) is 23.6 Å². The number of carbonyl (C=O) groups is 3. The van der Waals surface area contributed by atoms with E-state index in [1.54, 1.807) is 39.0 Å². The van der Waals surface area contributed by atoms with E-state index in [1.807, 2.05) is 13.8 Å². The monoisotopic (exact) mass is 367 g/mol. The summed E-state index contributed by atoms with van der Waals surface area (Å²) in [5, 5.41) is 8.43. The lowest BCUT2D eigenvalue weighted by atomic mass is 9.95. The molecule has 1 atom stereocenters. The third-order valence-electron chi connectivity index (χ3n) is 3.47. The minimum absolute atomic E-state index is 0.0651. The first-order valence-corrected chi connectivity index (χ1v) is 8.48. The Morgan fingerprint density at radius 3 is 2.12 bits per heavy atom. The van der Waals surface area contributed by atoms with Gasteiger partial charge < -0.3 is 16.0 Å². The Kier molecular flexibility index (Phi) is 6.99. The van der Waals surface area contributed by atoms with E-state index in [2.05, 4.69) is 16.0 Å². The van der Waals surface area contributed by atoms with Crippen LogP contribution in [-0.4, -0.2) is 23.8 Å². The number of anilines is 2. The maximum atomic E-state index is 12.4. The SMILES string of the molecule is CC(=O)N[C@H](C(=O)Nc1ccc(NC(=O)C(C)(C)C)c(Cl)c1)C(C)C. The van der Waals surface area contributed by atoms with Crippen LogP contribution in [0.25, 0.3) is 0 Å². The van der Waals surface area contributed by atoms with Gasteiger partial charge >= 0.3 is 0 Å². The van der Waals surface area contributed by atoms with Crippen LogP contribution in [0.3, 0.4) is 0 Å². The number of carbonyl (C=O) groups excluding carboxylic acids is 3. The zero-order chi connectivity index (χ0) is 19.4. The molecule has 0 heterocycles. The van der Waals surface area contributed by atoms with Gasteiger partial charge in [0.15, 0.2) is 0 Å². The fourth-order valence-electron chi connectivity index (χ4n) is 1.98. The second-order valence-electron chi connectivity index (χ2n) is 7.31. The predicted octanol–water partition coefficient (Wildman–Crippen LogP) is 3.42. The quantitative estimate of drug-likeness (QED) is 0.745. The molecular weight excluding hydrogens is 342 g/mol. The predicted molar refractivity (Wildman–Crippen MR) is 101 cm³/mol. The zero-order valence-corrected chi connectivity index (χ0v) is 16.2. The smallest absolute Gasteiger partial charge is 0.247 e. The van der Waals surface area contributed by atoms with Gasteiger partial charge in [0, 0.05) is 18.0 Å². The minimum Gasteiger partial charge on any atom is -0.344 e. The Bertz CT molecular complexity index is 666. The topological polar surface area (TPSA) is 87.3 Å². The maximum Gasteiger partial charge on any atom is 0.247 e. The van der Waals surface area contributed by atoms with Crippen LogP contribution in [0.2, 0.25) is 5.02 Å². The van der Waals surface area contributed by atoms with Crippen molar-refractivity contribution in [2.24, 2.45) is 11.3 Å². The van der Waals surface area contributed by atoms with E-state index in [1.165, 1.54) is 6.92 Å². The fraction of sp³-hybridized carbons (Fsp3) is 0.500. The molecule has 0 aliphatic carbocycles. The summed E-state index contributed by atoms with van der Waals surface area (Å²) in [5.41, 5.74) is 0.417. The van der Waals surface area contributed by atoms with E-state index in [9.17, 15) is 14.4 Å². The first-order valence-electron chi connectivity index (χ1n) is 8.10. The van der Waals surface area contributed by atoms with Gasteiger partial charge in [0.2, 0.25) is 17.7 Å². The first kappa shape index (κ1) is 21.0. The molecule has 0 aromatic heterocycles. The summed E-state index contributed by atoms with van der Waals surface area (Å²) in [6, 6.07) is 4.19. The number of benzene rings is 1. The highest BCUT2D eigenvalue weighted by molar-refractivity contribution is 6.34. The lowest BCUT2D eigenvalue weighted by Gasteiger charge is -2.21. The maximum absolute atomic E-state index is 12.4. The molecule has 0 radical (unpaired) electrons. The second kappa shape index (κ2) is 8.34. The summed E-state index contributed by atoms with van der Waals surface area (Å²) < 4.78 is 0. The number of rotatable bonds is 5. The molecule has 6 nitrogen and oxygen atoms in total. The normalized spacial score (nSPS) is 12.5. The molecule has 7 heteroatoms. The van der Waals surface area contributed by atoms with E-state index in [0.717, 1.165) is 0 Å². The Morgan fingerprint density at radius 2 is 1.68 bits per heavy atom. The number of amides is 3. The van der Waals surface area contributed by atoms with Gasteiger partial charge in [0.1, 0.15) is 6.04 Å². The molecule has 0 aliphatic rings. The fourth-order valence-corrected chi connectivity index (χ4v) is 2.21. The van der Waals surface area contributed by atoms with Crippen molar-refractivity contribution < 1.29 is 14.4 Å². The van der Waals surface area contributed by atoms with Crippen molar-refractivity contribution in [3.05, 3.63) is 23.2 Å². The second-order valence-corrected chi connectivity index (χ2v) is 7.72. The van der Waals surface area contributed by atoms with Gasteiger partial charge in [-0.25, -0.2) is 0 Å². The highest BCUT2D eigenvalue weighted by Gasteiger charge is 2.24. The van der Waals surface area contributed by atoms with Crippen LogP contribution in [0, 0.1) is 11.3 Å². The largest absolute Gasteiger partial charge is 0.344 e. The van der Waals surface area contributed by atoms with Gasteiger partial charge in [0.25, 0.3) is 0 Å². The van der Waals surface area contributed by atoms with Crippen molar-refractivity contribution in [1.82, 2.24) is 5.32 Å². The lowest BCUT2D eigenvalue weighted by molar-refractivity contribution is -0.126. The molecule has 3 amide bonds. The molecule has 25 heavy (non-hydrogen) atoms. The van der Waals surface area contributed by atoms with Crippen LogP contribution in [0.4, 0.5) is 11.4 Å². The van der Waals surface area contributed by atoms with Crippen molar-refractivity contribution in [1.29, 1.82) is 0 Å². The molecule has 0 saturated carbocycles. The Hall–Kier alpha value is -2.08. The number of nitrogens with one attached hydrogen (secondary N) is 3. The average Bonchev–Trinajstić information content (AvgIpc) is 2.45. The molecule has 1 aromatic rings. The highest BCUT2D eigenvalue weighted by Crippen LogP contribution is 2.27.